The third kappa shape index (κ3) is 8.83. The molecule has 0 unspecified atom stereocenters. The molecule has 3 nitrogen and oxygen atoms in total. The Hall–Kier alpha value is -1.35. The summed E-state index contributed by atoms with van der Waals surface area (Å²) in [7, 11) is 0. The van der Waals surface area contributed by atoms with Gasteiger partial charge in [-0.05, 0) is 26.2 Å². The highest BCUT2D eigenvalue weighted by Gasteiger charge is 2.33. The molecule has 0 rings (SSSR count). The average molecular weight is 304 g/mol. The molecular weight excluding hydrogens is 272 g/mol. The van der Waals surface area contributed by atoms with Gasteiger partial charge in [0.05, 0.1) is 12.1 Å². The molecule has 0 N–H and O–H groups in total. The van der Waals surface area contributed by atoms with Gasteiger partial charge in [0.2, 0.25) is 0 Å². The third-order valence-corrected chi connectivity index (χ3v) is 4.69. The lowest BCUT2D eigenvalue weighted by molar-refractivity contribution is -0.127. The summed E-state index contributed by atoms with van der Waals surface area (Å²) >= 11 is 0. The van der Waals surface area contributed by atoms with Crippen LogP contribution in [0.3, 0.4) is 0 Å². The van der Waals surface area contributed by atoms with Crippen molar-refractivity contribution < 1.29 is 4.79 Å². The van der Waals surface area contributed by atoms with E-state index in [1.165, 1.54) is 38.5 Å². The fraction of sp³-hybridized carbons (Fsp3) is 0.842. The molecule has 0 bridgehead atoms. The van der Waals surface area contributed by atoms with Crippen LogP contribution in [-0.2, 0) is 4.79 Å². The lowest BCUT2D eigenvalue weighted by Crippen LogP contribution is -2.29. The van der Waals surface area contributed by atoms with E-state index in [1.807, 2.05) is 0 Å². The first-order valence-electron chi connectivity index (χ1n) is 8.88. The molecule has 0 amide bonds. The van der Waals surface area contributed by atoms with E-state index < -0.39 is 5.41 Å². The first-order valence-corrected chi connectivity index (χ1v) is 8.88. The van der Waals surface area contributed by atoms with E-state index in [0.717, 1.165) is 19.3 Å². The fourth-order valence-electron chi connectivity index (χ4n) is 3.09. The summed E-state index contributed by atoms with van der Waals surface area (Å²) in [6.45, 7) is 3.85. The van der Waals surface area contributed by atoms with Crippen LogP contribution in [0.25, 0.3) is 0 Å². The number of carbonyl (C=O) groups excluding carboxylic acids is 1. The predicted octanol–water partition coefficient (Wildman–Crippen LogP) is 5.70. The van der Waals surface area contributed by atoms with Crippen LogP contribution in [0.2, 0.25) is 0 Å². The van der Waals surface area contributed by atoms with E-state index in [9.17, 15) is 4.79 Å². The van der Waals surface area contributed by atoms with E-state index in [0.29, 0.717) is 25.7 Å². The Balaban J connectivity index is 4.20. The number of Topliss-reactive ketones (excluding diaryl/α,β-unsaturated/α-hetero) is 1. The van der Waals surface area contributed by atoms with E-state index in [-0.39, 0.29) is 5.78 Å². The zero-order valence-electron chi connectivity index (χ0n) is 14.5. The molecule has 0 saturated heterocycles. The molecule has 0 aromatic heterocycles. The molecule has 3 heteroatoms. The van der Waals surface area contributed by atoms with Crippen LogP contribution in [0.1, 0.15) is 97.3 Å². The summed E-state index contributed by atoms with van der Waals surface area (Å²) in [6.07, 6.45) is 12.8. The summed E-state index contributed by atoms with van der Waals surface area (Å²) in [5.41, 5.74) is -0.437. The molecule has 0 aromatic rings. The van der Waals surface area contributed by atoms with Crippen LogP contribution in [0.5, 0.6) is 0 Å². The number of carbonyl (C=O) groups is 1. The fourth-order valence-corrected chi connectivity index (χ4v) is 3.09. The van der Waals surface area contributed by atoms with Crippen molar-refractivity contribution in [1.82, 2.24) is 0 Å². The zero-order chi connectivity index (χ0) is 16.7. The highest BCUT2D eigenvalue weighted by atomic mass is 16.1. The highest BCUT2D eigenvalue weighted by molar-refractivity contribution is 5.82. The third-order valence-electron chi connectivity index (χ3n) is 4.69. The van der Waals surface area contributed by atoms with Gasteiger partial charge in [-0.3, -0.25) is 4.79 Å². The molecule has 0 spiro atoms. The van der Waals surface area contributed by atoms with Gasteiger partial charge in [0, 0.05) is 18.3 Å². The van der Waals surface area contributed by atoms with Gasteiger partial charge < -0.3 is 0 Å². The molecule has 0 atom stereocenters. The number of hydrogen-bond acceptors (Lipinski definition) is 3. The topological polar surface area (TPSA) is 64.7 Å². The Morgan fingerprint density at radius 1 is 0.818 bits per heavy atom. The van der Waals surface area contributed by atoms with Crippen LogP contribution < -0.4 is 0 Å². The van der Waals surface area contributed by atoms with Gasteiger partial charge in [-0.1, -0.05) is 58.3 Å². The number of ketones is 1. The summed E-state index contributed by atoms with van der Waals surface area (Å²) in [5, 5.41) is 17.6. The van der Waals surface area contributed by atoms with E-state index >= 15 is 0 Å². The minimum Gasteiger partial charge on any atom is -0.299 e. The maximum atomic E-state index is 12.1. The molecule has 0 radical (unpaired) electrons. The van der Waals surface area contributed by atoms with Crippen LogP contribution in [0.4, 0.5) is 0 Å². The summed E-state index contributed by atoms with van der Waals surface area (Å²) < 4.78 is 0. The molecule has 0 aliphatic carbocycles. The smallest absolute Gasteiger partial charge is 0.136 e. The van der Waals surface area contributed by atoms with Crippen molar-refractivity contribution in [3.05, 3.63) is 0 Å². The molecule has 0 saturated carbocycles. The minimum absolute atomic E-state index is 0.154. The Labute approximate surface area is 136 Å². The number of nitrogens with zero attached hydrogens (tertiary/aromatic N) is 2. The van der Waals surface area contributed by atoms with Crippen molar-refractivity contribution in [2.45, 2.75) is 97.3 Å². The predicted molar refractivity (Wildman–Crippen MR) is 90.0 cm³/mol. The van der Waals surface area contributed by atoms with Gasteiger partial charge in [0.1, 0.15) is 5.78 Å². The number of unbranched alkanes of at least 4 members (excludes halogenated alkanes) is 7. The molecular formula is C19H32N2O. The number of rotatable bonds is 14. The van der Waals surface area contributed by atoms with E-state index in [1.54, 1.807) is 6.92 Å². The van der Waals surface area contributed by atoms with Crippen LogP contribution in [0, 0.1) is 28.1 Å². The molecule has 124 valence electrons. The van der Waals surface area contributed by atoms with Crippen molar-refractivity contribution in [2.24, 2.45) is 5.41 Å². The zero-order valence-corrected chi connectivity index (χ0v) is 14.5. The maximum absolute atomic E-state index is 12.1. The van der Waals surface area contributed by atoms with Crippen LogP contribution in [0.15, 0.2) is 0 Å². The summed E-state index contributed by atoms with van der Waals surface area (Å²) in [5.74, 6) is 0.154. The van der Waals surface area contributed by atoms with Gasteiger partial charge in [-0.2, -0.15) is 10.5 Å². The van der Waals surface area contributed by atoms with Crippen molar-refractivity contribution >= 4 is 5.78 Å². The van der Waals surface area contributed by atoms with Crippen LogP contribution >= 0.6 is 0 Å². The molecule has 0 aliphatic heterocycles. The van der Waals surface area contributed by atoms with Crippen molar-refractivity contribution in [3.8, 4) is 12.1 Å². The quantitative estimate of drug-likeness (QED) is 0.387. The molecule has 0 fully saturated rings. The van der Waals surface area contributed by atoms with Crippen molar-refractivity contribution in [1.29, 1.82) is 10.5 Å². The summed E-state index contributed by atoms with van der Waals surface area (Å²) in [6, 6.07) is 4.30. The van der Waals surface area contributed by atoms with E-state index in [4.69, 9.17) is 10.5 Å². The maximum Gasteiger partial charge on any atom is 0.136 e. The number of hydrogen-bond donors (Lipinski definition) is 0. The molecule has 0 aliphatic rings. The normalized spacial score (nSPS) is 10.9. The largest absolute Gasteiger partial charge is 0.299 e. The first kappa shape index (κ1) is 20.6. The van der Waals surface area contributed by atoms with Gasteiger partial charge in [-0.25, -0.2) is 0 Å². The highest BCUT2D eigenvalue weighted by Crippen LogP contribution is 2.36. The second-order valence-electron chi connectivity index (χ2n) is 6.38. The Morgan fingerprint density at radius 3 is 1.68 bits per heavy atom. The lowest BCUT2D eigenvalue weighted by atomic mass is 9.72. The minimum atomic E-state index is -0.437. The Bertz CT molecular complexity index is 358. The molecule has 0 heterocycles. The Kier molecular flexibility index (Phi) is 12.5. The first-order chi connectivity index (χ1) is 10.6. The monoisotopic (exact) mass is 304 g/mol. The summed E-state index contributed by atoms with van der Waals surface area (Å²) in [4.78, 5) is 12.1. The van der Waals surface area contributed by atoms with Crippen LogP contribution in [-0.4, -0.2) is 5.78 Å². The van der Waals surface area contributed by atoms with E-state index in [2.05, 4.69) is 19.1 Å². The molecule has 0 aromatic carbocycles. The van der Waals surface area contributed by atoms with Crippen molar-refractivity contribution in [3.63, 3.8) is 0 Å². The number of nitriles is 2. The second-order valence-corrected chi connectivity index (χ2v) is 6.38. The van der Waals surface area contributed by atoms with Crippen molar-refractivity contribution in [2.75, 3.05) is 0 Å². The van der Waals surface area contributed by atoms with Gasteiger partial charge in [-0.15, -0.1) is 0 Å². The standard InChI is InChI=1S/C19H32N2O/c1-3-4-5-6-7-8-9-10-13-19(18(2)22,14-11-16-20)15-12-17-21/h3-15H2,1-2H3. The SMILES string of the molecule is CCCCCCCCCCC(CCC#N)(CCC#N)C(C)=O. The average Bonchev–Trinajstić information content (AvgIpc) is 2.51. The van der Waals surface area contributed by atoms with Gasteiger partial charge in [0.15, 0.2) is 0 Å². The second kappa shape index (κ2) is 13.3. The lowest BCUT2D eigenvalue weighted by Gasteiger charge is -2.30. The molecule has 22 heavy (non-hydrogen) atoms. The Morgan fingerprint density at radius 2 is 1.27 bits per heavy atom. The van der Waals surface area contributed by atoms with Gasteiger partial charge >= 0.3 is 0 Å². The van der Waals surface area contributed by atoms with Gasteiger partial charge in [0.25, 0.3) is 0 Å².